The zero-order valence-corrected chi connectivity index (χ0v) is 28.8. The minimum atomic E-state index is -0.220. The number of aromatic nitrogens is 3. The molecule has 4 heteroatoms. The van der Waals surface area contributed by atoms with Crippen LogP contribution in [-0.4, -0.2) is 15.0 Å². The average Bonchev–Trinajstić information content (AvgIpc) is 3.70. The molecule has 0 saturated heterocycles. The monoisotopic (exact) mass is 667 g/mol. The minimum Gasteiger partial charge on any atom is -0.456 e. The van der Waals surface area contributed by atoms with E-state index in [1.165, 1.54) is 38.8 Å². The van der Waals surface area contributed by atoms with E-state index in [1.54, 1.807) is 0 Å². The molecule has 0 unspecified atom stereocenters. The summed E-state index contributed by atoms with van der Waals surface area (Å²) in [6, 6.07) is 57.2. The van der Waals surface area contributed by atoms with Gasteiger partial charge in [0.05, 0.1) is 0 Å². The smallest absolute Gasteiger partial charge is 0.164 e. The van der Waals surface area contributed by atoms with Gasteiger partial charge in [-0.1, -0.05) is 147 Å². The lowest BCUT2D eigenvalue weighted by atomic mass is 9.81. The fraction of sp³-hybridized carbons (Fsp3) is 0.0625. The Morgan fingerprint density at radius 2 is 0.904 bits per heavy atom. The van der Waals surface area contributed by atoms with Gasteiger partial charge in [0.2, 0.25) is 0 Å². The van der Waals surface area contributed by atoms with Crippen molar-refractivity contribution in [2.24, 2.45) is 0 Å². The van der Waals surface area contributed by atoms with Crippen LogP contribution >= 0.6 is 0 Å². The molecule has 0 N–H and O–H groups in total. The highest BCUT2D eigenvalue weighted by Gasteiger charge is 2.38. The summed E-state index contributed by atoms with van der Waals surface area (Å²) in [5.74, 6) is 1.95. The highest BCUT2D eigenvalue weighted by molar-refractivity contribution is 6.09. The summed E-state index contributed by atoms with van der Waals surface area (Å²) in [5.41, 5.74) is 14.3. The third kappa shape index (κ3) is 4.87. The molecule has 10 rings (SSSR count). The highest BCUT2D eigenvalue weighted by Crippen LogP contribution is 2.53. The lowest BCUT2D eigenvalue weighted by Crippen LogP contribution is -2.15. The Kier molecular flexibility index (Phi) is 6.80. The first kappa shape index (κ1) is 30.2. The SMILES string of the molecule is CC1(C)c2cc(-c3cccc(-c4cccc(-c5nc(-c6ccccc6)nc(-c6ccccc6)n5)c4)c3)ccc2-c2ccc3c(oc4ccccc43)c21. The summed E-state index contributed by atoms with van der Waals surface area (Å²) >= 11 is 0. The molecule has 1 aliphatic rings. The topological polar surface area (TPSA) is 51.8 Å². The Morgan fingerprint density at radius 3 is 1.56 bits per heavy atom. The van der Waals surface area contributed by atoms with E-state index in [4.69, 9.17) is 19.4 Å². The molecule has 0 aliphatic heterocycles. The zero-order valence-electron chi connectivity index (χ0n) is 28.8. The summed E-state index contributed by atoms with van der Waals surface area (Å²) in [4.78, 5) is 14.8. The first-order valence-corrected chi connectivity index (χ1v) is 17.7. The van der Waals surface area contributed by atoms with E-state index in [0.717, 1.165) is 44.4 Å². The third-order valence-electron chi connectivity index (χ3n) is 10.5. The fourth-order valence-electron chi connectivity index (χ4n) is 7.90. The molecule has 0 atom stereocenters. The summed E-state index contributed by atoms with van der Waals surface area (Å²) in [7, 11) is 0. The maximum atomic E-state index is 6.53. The molecule has 0 spiro atoms. The van der Waals surface area contributed by atoms with E-state index in [0.29, 0.717) is 17.5 Å². The van der Waals surface area contributed by atoms with Crippen molar-refractivity contribution in [1.82, 2.24) is 15.0 Å². The van der Waals surface area contributed by atoms with Gasteiger partial charge in [0.1, 0.15) is 11.2 Å². The second kappa shape index (κ2) is 11.7. The first-order valence-electron chi connectivity index (χ1n) is 17.7. The molecule has 0 saturated carbocycles. The van der Waals surface area contributed by atoms with Gasteiger partial charge in [0.25, 0.3) is 0 Å². The molecule has 246 valence electrons. The Labute approximate surface area is 302 Å². The molecule has 0 radical (unpaired) electrons. The van der Waals surface area contributed by atoms with E-state index < -0.39 is 0 Å². The van der Waals surface area contributed by atoms with E-state index in [2.05, 4.69) is 111 Å². The third-order valence-corrected chi connectivity index (χ3v) is 10.5. The van der Waals surface area contributed by atoms with Crippen molar-refractivity contribution in [1.29, 1.82) is 0 Å². The van der Waals surface area contributed by atoms with Gasteiger partial charge in [0, 0.05) is 38.4 Å². The molecule has 2 aromatic heterocycles. The van der Waals surface area contributed by atoms with Crippen LogP contribution < -0.4 is 0 Å². The molecule has 0 bridgehead atoms. The predicted octanol–water partition coefficient (Wildman–Crippen LogP) is 12.4. The van der Waals surface area contributed by atoms with Crippen LogP contribution in [0.5, 0.6) is 0 Å². The van der Waals surface area contributed by atoms with Crippen molar-refractivity contribution in [3.05, 3.63) is 175 Å². The van der Waals surface area contributed by atoms with Gasteiger partial charge in [-0.05, 0) is 69.3 Å². The molecular weight excluding hydrogens is 635 g/mol. The quantitative estimate of drug-likeness (QED) is 0.183. The maximum Gasteiger partial charge on any atom is 0.164 e. The van der Waals surface area contributed by atoms with Crippen LogP contribution in [0, 0.1) is 0 Å². The first-order chi connectivity index (χ1) is 25.5. The Morgan fingerprint density at radius 1 is 0.404 bits per heavy atom. The summed E-state index contributed by atoms with van der Waals surface area (Å²) in [6.45, 7) is 4.65. The fourth-order valence-corrected chi connectivity index (χ4v) is 7.90. The number of rotatable bonds is 5. The standard InChI is InChI=1S/C48H33N3O/c1-48(2)41-29-35(23-24-37(41)39-25-26-40-38-21-9-10-22-42(38)52-44(40)43(39)48)33-18-11-17-32(27-33)34-19-12-20-36(28-34)47-50-45(30-13-5-3-6-14-30)49-46(51-47)31-15-7-4-8-16-31/h3-29H,1-2H3. The van der Waals surface area contributed by atoms with E-state index in [9.17, 15) is 0 Å². The van der Waals surface area contributed by atoms with Gasteiger partial charge in [0.15, 0.2) is 17.5 Å². The van der Waals surface area contributed by atoms with Crippen molar-refractivity contribution in [3.63, 3.8) is 0 Å². The van der Waals surface area contributed by atoms with E-state index >= 15 is 0 Å². The van der Waals surface area contributed by atoms with Crippen LogP contribution in [0.25, 0.3) is 89.5 Å². The second-order valence-electron chi connectivity index (χ2n) is 14.0. The largest absolute Gasteiger partial charge is 0.456 e. The van der Waals surface area contributed by atoms with Crippen molar-refractivity contribution >= 4 is 21.9 Å². The summed E-state index contributed by atoms with van der Waals surface area (Å²) in [6.07, 6.45) is 0. The lowest BCUT2D eigenvalue weighted by molar-refractivity contribution is 0.620. The van der Waals surface area contributed by atoms with Crippen molar-refractivity contribution in [2.45, 2.75) is 19.3 Å². The normalized spacial score (nSPS) is 13.0. The molecule has 0 fully saturated rings. The van der Waals surface area contributed by atoms with Gasteiger partial charge < -0.3 is 4.42 Å². The number of para-hydroxylation sites is 1. The van der Waals surface area contributed by atoms with Crippen molar-refractivity contribution < 1.29 is 4.42 Å². The van der Waals surface area contributed by atoms with Gasteiger partial charge >= 0.3 is 0 Å². The average molecular weight is 668 g/mol. The van der Waals surface area contributed by atoms with Crippen LogP contribution in [0.1, 0.15) is 25.0 Å². The number of fused-ring (bicyclic) bond motifs is 7. The summed E-state index contributed by atoms with van der Waals surface area (Å²) in [5, 5.41) is 2.34. The lowest BCUT2D eigenvalue weighted by Gasteiger charge is -2.22. The molecule has 0 amide bonds. The zero-order chi connectivity index (χ0) is 34.8. The van der Waals surface area contributed by atoms with Crippen LogP contribution in [0.2, 0.25) is 0 Å². The van der Waals surface area contributed by atoms with E-state index in [-0.39, 0.29) is 5.41 Å². The minimum absolute atomic E-state index is 0.220. The molecule has 7 aromatic carbocycles. The number of furan rings is 1. The van der Waals surface area contributed by atoms with Gasteiger partial charge in [-0.2, -0.15) is 0 Å². The Balaban J connectivity index is 1.03. The van der Waals surface area contributed by atoms with E-state index in [1.807, 2.05) is 66.7 Å². The molecule has 4 nitrogen and oxygen atoms in total. The Bertz CT molecular complexity index is 2760. The second-order valence-corrected chi connectivity index (χ2v) is 14.0. The molecule has 1 aliphatic carbocycles. The molecule has 2 heterocycles. The molecule has 52 heavy (non-hydrogen) atoms. The van der Waals surface area contributed by atoms with Crippen LogP contribution in [0.15, 0.2) is 168 Å². The van der Waals surface area contributed by atoms with Crippen LogP contribution in [0.4, 0.5) is 0 Å². The van der Waals surface area contributed by atoms with Crippen molar-refractivity contribution in [3.8, 4) is 67.5 Å². The van der Waals surface area contributed by atoms with Crippen molar-refractivity contribution in [2.75, 3.05) is 0 Å². The summed E-state index contributed by atoms with van der Waals surface area (Å²) < 4.78 is 6.53. The maximum absolute atomic E-state index is 6.53. The number of benzene rings is 7. The number of hydrogen-bond donors (Lipinski definition) is 0. The van der Waals surface area contributed by atoms with Gasteiger partial charge in [-0.3, -0.25) is 0 Å². The van der Waals surface area contributed by atoms with Gasteiger partial charge in [-0.15, -0.1) is 0 Å². The van der Waals surface area contributed by atoms with Crippen LogP contribution in [-0.2, 0) is 5.41 Å². The van der Waals surface area contributed by atoms with Gasteiger partial charge in [-0.25, -0.2) is 15.0 Å². The predicted molar refractivity (Wildman–Crippen MR) is 212 cm³/mol. The number of nitrogens with zero attached hydrogens (tertiary/aromatic N) is 3. The molecular formula is C48H33N3O. The molecule has 9 aromatic rings. The number of hydrogen-bond acceptors (Lipinski definition) is 4. The Hall–Kier alpha value is -6.65. The van der Waals surface area contributed by atoms with Crippen LogP contribution in [0.3, 0.4) is 0 Å². The highest BCUT2D eigenvalue weighted by atomic mass is 16.3.